The van der Waals surface area contributed by atoms with E-state index in [9.17, 15) is 4.79 Å². The first-order chi connectivity index (χ1) is 10.2. The van der Waals surface area contributed by atoms with Gasteiger partial charge in [-0.3, -0.25) is 0 Å². The van der Waals surface area contributed by atoms with Crippen molar-refractivity contribution in [2.24, 2.45) is 0 Å². The first-order valence-electron chi connectivity index (χ1n) is 7.42. The zero-order valence-corrected chi connectivity index (χ0v) is 15.4. The van der Waals surface area contributed by atoms with Crippen LogP contribution in [0.25, 0.3) is 0 Å². The van der Waals surface area contributed by atoms with Crippen molar-refractivity contribution < 1.29 is 9.53 Å². The molecule has 0 radical (unpaired) electrons. The fraction of sp³-hybridized carbons (Fsp3) is 0.562. The van der Waals surface area contributed by atoms with Gasteiger partial charge in [-0.25, -0.2) is 4.79 Å². The molecule has 22 heavy (non-hydrogen) atoms. The van der Waals surface area contributed by atoms with Gasteiger partial charge in [0.25, 0.3) is 0 Å². The standard InChI is InChI=1S/C16H22BrClN2O2/c1-16(2,3)22-15(21)20-11-6-7-19-14(9-11)12-5-4-10(18)8-13(12)17/h4-5,8,11,14,19H,6-7,9H2,1-3H3,(H,20,21). The molecule has 1 aliphatic heterocycles. The van der Waals surface area contributed by atoms with Crippen LogP contribution in [0, 0.1) is 0 Å². The monoisotopic (exact) mass is 388 g/mol. The molecule has 1 aromatic carbocycles. The van der Waals surface area contributed by atoms with Gasteiger partial charge in [0.05, 0.1) is 0 Å². The Morgan fingerprint density at radius 2 is 2.18 bits per heavy atom. The number of alkyl carbamates (subject to hydrolysis) is 1. The predicted octanol–water partition coefficient (Wildman–Crippen LogP) is 4.42. The van der Waals surface area contributed by atoms with Gasteiger partial charge in [0, 0.05) is 21.6 Å². The molecule has 2 atom stereocenters. The number of piperidine rings is 1. The van der Waals surface area contributed by atoms with E-state index in [1.165, 1.54) is 0 Å². The highest BCUT2D eigenvalue weighted by Gasteiger charge is 2.26. The van der Waals surface area contributed by atoms with Gasteiger partial charge in [0.15, 0.2) is 0 Å². The molecule has 1 fully saturated rings. The topological polar surface area (TPSA) is 50.4 Å². The molecule has 6 heteroatoms. The maximum absolute atomic E-state index is 11.9. The summed E-state index contributed by atoms with van der Waals surface area (Å²) < 4.78 is 6.31. The molecular weight excluding hydrogens is 368 g/mol. The first kappa shape index (κ1) is 17.6. The molecule has 1 heterocycles. The Kier molecular flexibility index (Phi) is 5.75. The van der Waals surface area contributed by atoms with Crippen molar-refractivity contribution in [3.63, 3.8) is 0 Å². The van der Waals surface area contributed by atoms with Crippen molar-refractivity contribution in [3.8, 4) is 0 Å². The molecule has 0 aromatic heterocycles. The van der Waals surface area contributed by atoms with Gasteiger partial charge in [-0.15, -0.1) is 0 Å². The number of nitrogens with one attached hydrogen (secondary N) is 2. The Morgan fingerprint density at radius 1 is 1.45 bits per heavy atom. The van der Waals surface area contributed by atoms with Crippen molar-refractivity contribution in [1.82, 2.24) is 10.6 Å². The molecule has 122 valence electrons. The van der Waals surface area contributed by atoms with Gasteiger partial charge in [-0.2, -0.15) is 0 Å². The first-order valence-corrected chi connectivity index (χ1v) is 8.59. The smallest absolute Gasteiger partial charge is 0.407 e. The van der Waals surface area contributed by atoms with Crippen LogP contribution in [0.3, 0.4) is 0 Å². The highest BCUT2D eigenvalue weighted by molar-refractivity contribution is 9.10. The van der Waals surface area contributed by atoms with E-state index >= 15 is 0 Å². The van der Waals surface area contributed by atoms with E-state index in [0.29, 0.717) is 5.02 Å². The maximum atomic E-state index is 11.9. The number of amides is 1. The van der Waals surface area contributed by atoms with E-state index in [4.69, 9.17) is 16.3 Å². The van der Waals surface area contributed by atoms with E-state index < -0.39 is 5.60 Å². The Balaban J connectivity index is 1.98. The van der Waals surface area contributed by atoms with Gasteiger partial charge < -0.3 is 15.4 Å². The maximum Gasteiger partial charge on any atom is 0.407 e. The van der Waals surface area contributed by atoms with Crippen molar-refractivity contribution in [2.45, 2.75) is 51.3 Å². The summed E-state index contributed by atoms with van der Waals surface area (Å²) in [5.74, 6) is 0. The molecule has 2 unspecified atom stereocenters. The molecule has 1 aliphatic rings. The molecule has 1 aromatic rings. The Morgan fingerprint density at radius 3 is 2.82 bits per heavy atom. The third kappa shape index (κ3) is 5.14. The number of halogens is 2. The minimum Gasteiger partial charge on any atom is -0.444 e. The molecule has 2 rings (SSSR count). The summed E-state index contributed by atoms with van der Waals surface area (Å²) in [7, 11) is 0. The highest BCUT2D eigenvalue weighted by atomic mass is 79.9. The van der Waals surface area contributed by atoms with Gasteiger partial charge in [0.1, 0.15) is 5.60 Å². The normalized spacial score (nSPS) is 22.2. The molecule has 0 aliphatic carbocycles. The largest absolute Gasteiger partial charge is 0.444 e. The summed E-state index contributed by atoms with van der Waals surface area (Å²) in [6, 6.07) is 6.07. The Bertz CT molecular complexity index is 545. The quantitative estimate of drug-likeness (QED) is 0.787. The van der Waals surface area contributed by atoms with E-state index in [1.54, 1.807) is 0 Å². The van der Waals surface area contributed by atoms with Crippen LogP contribution in [0.1, 0.15) is 45.2 Å². The second-order valence-corrected chi connectivity index (χ2v) is 7.83. The summed E-state index contributed by atoms with van der Waals surface area (Å²) in [5.41, 5.74) is 0.676. The number of carbonyl (C=O) groups excluding carboxylic acids is 1. The van der Waals surface area contributed by atoms with Crippen LogP contribution in [0.5, 0.6) is 0 Å². The number of hydrogen-bond acceptors (Lipinski definition) is 3. The fourth-order valence-electron chi connectivity index (χ4n) is 2.54. The molecule has 1 amide bonds. The molecule has 0 bridgehead atoms. The molecule has 0 spiro atoms. The Hall–Kier alpha value is -0.780. The van der Waals surface area contributed by atoms with Crippen LogP contribution in [0.4, 0.5) is 4.79 Å². The third-order valence-electron chi connectivity index (χ3n) is 3.46. The second-order valence-electron chi connectivity index (χ2n) is 6.54. The van der Waals surface area contributed by atoms with Gasteiger partial charge in [-0.05, 0) is 57.9 Å². The van der Waals surface area contributed by atoms with Crippen LogP contribution in [0.15, 0.2) is 22.7 Å². The lowest BCUT2D eigenvalue weighted by Crippen LogP contribution is -2.45. The van der Waals surface area contributed by atoms with Crippen molar-refractivity contribution >= 4 is 33.6 Å². The molecule has 1 saturated heterocycles. The summed E-state index contributed by atoms with van der Waals surface area (Å²) in [5, 5.41) is 7.15. The highest BCUT2D eigenvalue weighted by Crippen LogP contribution is 2.31. The lowest BCUT2D eigenvalue weighted by atomic mass is 9.94. The number of benzene rings is 1. The van der Waals surface area contributed by atoms with Crippen LogP contribution >= 0.6 is 27.5 Å². The van der Waals surface area contributed by atoms with E-state index in [0.717, 1.165) is 29.4 Å². The summed E-state index contributed by atoms with van der Waals surface area (Å²) in [6.07, 6.45) is 1.36. The van der Waals surface area contributed by atoms with Crippen molar-refractivity contribution in [2.75, 3.05) is 6.54 Å². The zero-order valence-electron chi connectivity index (χ0n) is 13.1. The zero-order chi connectivity index (χ0) is 16.3. The number of carbonyl (C=O) groups is 1. The minimum absolute atomic E-state index is 0.101. The van der Waals surface area contributed by atoms with Gasteiger partial charge in [0.2, 0.25) is 0 Å². The Labute approximate surface area is 145 Å². The lowest BCUT2D eigenvalue weighted by Gasteiger charge is -2.32. The van der Waals surface area contributed by atoms with Gasteiger partial charge in [-0.1, -0.05) is 33.6 Å². The van der Waals surface area contributed by atoms with Crippen LogP contribution in [-0.4, -0.2) is 24.3 Å². The number of ether oxygens (including phenoxy) is 1. The average molecular weight is 390 g/mol. The molecule has 0 saturated carbocycles. The number of rotatable bonds is 2. The summed E-state index contributed by atoms with van der Waals surface area (Å²) in [4.78, 5) is 11.9. The minimum atomic E-state index is -0.477. The SMILES string of the molecule is CC(C)(C)OC(=O)NC1CCNC(c2ccc(Cl)cc2Br)C1. The second kappa shape index (κ2) is 7.20. The number of hydrogen-bond donors (Lipinski definition) is 2. The predicted molar refractivity (Wildman–Crippen MR) is 92.3 cm³/mol. The third-order valence-corrected chi connectivity index (χ3v) is 4.38. The van der Waals surface area contributed by atoms with E-state index in [2.05, 4.69) is 26.6 Å². The van der Waals surface area contributed by atoms with Crippen molar-refractivity contribution in [3.05, 3.63) is 33.3 Å². The lowest BCUT2D eigenvalue weighted by molar-refractivity contribution is 0.0490. The van der Waals surface area contributed by atoms with Crippen LogP contribution < -0.4 is 10.6 Å². The van der Waals surface area contributed by atoms with E-state index in [-0.39, 0.29) is 18.2 Å². The fourth-order valence-corrected chi connectivity index (χ4v) is 3.50. The molecule has 4 nitrogen and oxygen atoms in total. The molecular formula is C16H22BrClN2O2. The molecule has 2 N–H and O–H groups in total. The summed E-state index contributed by atoms with van der Waals surface area (Å²) >= 11 is 9.55. The van der Waals surface area contributed by atoms with Crippen molar-refractivity contribution in [1.29, 1.82) is 0 Å². The average Bonchev–Trinajstić information content (AvgIpc) is 2.36. The van der Waals surface area contributed by atoms with Crippen LogP contribution in [0.2, 0.25) is 5.02 Å². The van der Waals surface area contributed by atoms with Crippen LogP contribution in [-0.2, 0) is 4.74 Å². The summed E-state index contributed by atoms with van der Waals surface area (Å²) in [6.45, 7) is 6.44. The van der Waals surface area contributed by atoms with E-state index in [1.807, 2.05) is 39.0 Å². The van der Waals surface area contributed by atoms with Gasteiger partial charge >= 0.3 is 6.09 Å².